The van der Waals surface area contributed by atoms with Gasteiger partial charge >= 0.3 is 11.1 Å². The van der Waals surface area contributed by atoms with Crippen molar-refractivity contribution in [1.82, 2.24) is 9.13 Å². The van der Waals surface area contributed by atoms with Crippen molar-refractivity contribution in [2.45, 2.75) is 44.9 Å². The summed E-state index contributed by atoms with van der Waals surface area (Å²) >= 11 is 0. The predicted octanol–water partition coefficient (Wildman–Crippen LogP) is 2.36. The number of hydrogen-bond acceptors (Lipinski definition) is 4. The highest BCUT2D eigenvalue weighted by Crippen LogP contribution is 2.34. The van der Waals surface area contributed by atoms with Crippen LogP contribution in [0.2, 0.25) is 0 Å². The number of hydrogen-bond donors (Lipinski definition) is 1. The van der Waals surface area contributed by atoms with E-state index in [4.69, 9.17) is 0 Å². The summed E-state index contributed by atoms with van der Waals surface area (Å²) in [6.45, 7) is 1.86. The molecule has 1 aromatic heterocycles. The maximum Gasteiger partial charge on any atom is 0.316 e. The summed E-state index contributed by atoms with van der Waals surface area (Å²) in [5.74, 6) is 0.120. The van der Waals surface area contributed by atoms with Crippen LogP contribution in [-0.4, -0.2) is 28.1 Å². The van der Waals surface area contributed by atoms with E-state index in [1.165, 1.54) is 15.6 Å². The summed E-state index contributed by atoms with van der Waals surface area (Å²) in [5.41, 5.74) is 1.91. The second-order valence-corrected chi connectivity index (χ2v) is 8.10. The maximum atomic E-state index is 12.9. The second-order valence-electron chi connectivity index (χ2n) is 8.10. The summed E-state index contributed by atoms with van der Waals surface area (Å²) in [6, 6.07) is 3.79. The summed E-state index contributed by atoms with van der Waals surface area (Å²) < 4.78 is 2.78. The van der Waals surface area contributed by atoms with E-state index in [0.29, 0.717) is 11.0 Å². The molecule has 1 saturated carbocycles. The van der Waals surface area contributed by atoms with Crippen LogP contribution < -0.4 is 21.3 Å². The first-order valence-corrected chi connectivity index (χ1v) is 10.3. The van der Waals surface area contributed by atoms with Gasteiger partial charge in [-0.25, -0.2) is 0 Å². The standard InChI is InChI=1S/C21H28N4O3/c1-23-17-12-15(22-19(26)14-8-4-3-5-9-14)16(25-10-6-7-11-25)13-18(17)24(2)21(28)20(23)27/h12-14H,3-11H2,1-2H3,(H,22,26). The molecule has 150 valence electrons. The van der Waals surface area contributed by atoms with Crippen molar-refractivity contribution in [3.05, 3.63) is 32.8 Å². The zero-order valence-corrected chi connectivity index (χ0v) is 16.7. The fraction of sp³-hybridized carbons (Fsp3) is 0.571. The lowest BCUT2D eigenvalue weighted by molar-refractivity contribution is -0.120. The third kappa shape index (κ3) is 3.23. The van der Waals surface area contributed by atoms with E-state index in [1.54, 1.807) is 14.1 Å². The third-order valence-corrected chi connectivity index (χ3v) is 6.29. The molecule has 2 aliphatic rings. The van der Waals surface area contributed by atoms with Gasteiger partial charge in [0.1, 0.15) is 0 Å². The van der Waals surface area contributed by atoms with Gasteiger partial charge in [-0.1, -0.05) is 19.3 Å². The lowest BCUT2D eigenvalue weighted by Crippen LogP contribution is -2.39. The number of carbonyl (C=O) groups excluding carboxylic acids is 1. The molecule has 2 heterocycles. The molecule has 1 aromatic carbocycles. The number of carbonyl (C=O) groups is 1. The van der Waals surface area contributed by atoms with E-state index in [9.17, 15) is 14.4 Å². The number of rotatable bonds is 3. The normalized spacial score (nSPS) is 18.0. The van der Waals surface area contributed by atoms with Gasteiger partial charge in [-0.15, -0.1) is 0 Å². The molecule has 4 rings (SSSR count). The fourth-order valence-electron chi connectivity index (χ4n) is 4.53. The van der Waals surface area contributed by atoms with Crippen LogP contribution in [0.15, 0.2) is 21.7 Å². The Balaban J connectivity index is 1.82. The van der Waals surface area contributed by atoms with Gasteiger partial charge in [-0.2, -0.15) is 0 Å². The molecule has 28 heavy (non-hydrogen) atoms. The summed E-state index contributed by atoms with van der Waals surface area (Å²) in [7, 11) is 3.23. The topological polar surface area (TPSA) is 76.3 Å². The van der Waals surface area contributed by atoms with Gasteiger partial charge in [0.25, 0.3) is 0 Å². The Morgan fingerprint density at radius 2 is 1.46 bits per heavy atom. The van der Waals surface area contributed by atoms with Gasteiger partial charge in [0.05, 0.1) is 22.4 Å². The molecule has 0 radical (unpaired) electrons. The first kappa shape index (κ1) is 18.8. The van der Waals surface area contributed by atoms with Gasteiger partial charge in [-0.05, 0) is 37.8 Å². The van der Waals surface area contributed by atoms with Crippen LogP contribution in [0.25, 0.3) is 11.0 Å². The van der Waals surface area contributed by atoms with Crippen LogP contribution in [0, 0.1) is 5.92 Å². The number of aryl methyl sites for hydroxylation is 2. The van der Waals surface area contributed by atoms with Crippen LogP contribution in [0.1, 0.15) is 44.9 Å². The Hall–Kier alpha value is -2.57. The van der Waals surface area contributed by atoms with Gasteiger partial charge in [0.2, 0.25) is 5.91 Å². The molecule has 0 atom stereocenters. The third-order valence-electron chi connectivity index (χ3n) is 6.29. The smallest absolute Gasteiger partial charge is 0.316 e. The van der Waals surface area contributed by atoms with Crippen molar-refractivity contribution in [2.75, 3.05) is 23.3 Å². The lowest BCUT2D eigenvalue weighted by atomic mass is 9.88. The molecule has 0 unspecified atom stereocenters. The fourth-order valence-corrected chi connectivity index (χ4v) is 4.53. The van der Waals surface area contributed by atoms with Crippen molar-refractivity contribution >= 4 is 28.3 Å². The number of amides is 1. The van der Waals surface area contributed by atoms with Gasteiger partial charge in [0.15, 0.2) is 0 Å². The maximum absolute atomic E-state index is 12.9. The van der Waals surface area contributed by atoms with E-state index in [1.807, 2.05) is 12.1 Å². The van der Waals surface area contributed by atoms with Crippen LogP contribution in [0.4, 0.5) is 11.4 Å². The van der Waals surface area contributed by atoms with Crippen molar-refractivity contribution in [1.29, 1.82) is 0 Å². The zero-order valence-electron chi connectivity index (χ0n) is 16.7. The Bertz CT molecular complexity index is 1020. The molecule has 2 aromatic rings. The Kier molecular flexibility index (Phi) is 5.00. The van der Waals surface area contributed by atoms with E-state index < -0.39 is 11.1 Å². The van der Waals surface area contributed by atoms with Crippen molar-refractivity contribution in [3.8, 4) is 0 Å². The van der Waals surface area contributed by atoms with Gasteiger partial charge in [-0.3, -0.25) is 14.4 Å². The second kappa shape index (κ2) is 7.45. The molecule has 0 spiro atoms. The van der Waals surface area contributed by atoms with Crippen LogP contribution in [0.5, 0.6) is 0 Å². The van der Waals surface area contributed by atoms with E-state index in [-0.39, 0.29) is 11.8 Å². The van der Waals surface area contributed by atoms with Crippen molar-refractivity contribution in [2.24, 2.45) is 20.0 Å². The summed E-state index contributed by atoms with van der Waals surface area (Å²) in [5, 5.41) is 3.15. The average molecular weight is 384 g/mol. The van der Waals surface area contributed by atoms with E-state index in [0.717, 1.165) is 63.0 Å². The molecule has 7 nitrogen and oxygen atoms in total. The van der Waals surface area contributed by atoms with Crippen molar-refractivity contribution < 1.29 is 4.79 Å². The van der Waals surface area contributed by atoms with Crippen molar-refractivity contribution in [3.63, 3.8) is 0 Å². The molecular weight excluding hydrogens is 356 g/mol. The number of anilines is 2. The summed E-state index contributed by atoms with van der Waals surface area (Å²) in [4.78, 5) is 39.7. The molecule has 1 aliphatic heterocycles. The molecule has 1 amide bonds. The van der Waals surface area contributed by atoms with Gasteiger partial charge < -0.3 is 19.4 Å². The first-order valence-electron chi connectivity index (χ1n) is 10.3. The first-order chi connectivity index (χ1) is 13.5. The monoisotopic (exact) mass is 384 g/mol. The zero-order chi connectivity index (χ0) is 19.8. The molecule has 7 heteroatoms. The molecular formula is C21H28N4O3. The van der Waals surface area contributed by atoms with Crippen LogP contribution in [0.3, 0.4) is 0 Å². The van der Waals surface area contributed by atoms with E-state index in [2.05, 4.69) is 10.2 Å². The largest absolute Gasteiger partial charge is 0.370 e. The van der Waals surface area contributed by atoms with E-state index >= 15 is 0 Å². The Morgan fingerprint density at radius 3 is 2.07 bits per heavy atom. The Morgan fingerprint density at radius 1 is 0.893 bits per heavy atom. The number of nitrogens with zero attached hydrogens (tertiary/aromatic N) is 3. The Labute approximate surface area is 163 Å². The minimum absolute atomic E-state index is 0.0554. The SMILES string of the molecule is Cn1c(=O)c(=O)n(C)c2cc(N3CCCC3)c(NC(=O)C3CCCCC3)cc21. The minimum Gasteiger partial charge on any atom is -0.370 e. The molecule has 2 fully saturated rings. The molecule has 1 saturated heterocycles. The highest BCUT2D eigenvalue weighted by atomic mass is 16.2. The minimum atomic E-state index is -0.562. The lowest BCUT2D eigenvalue weighted by Gasteiger charge is -2.26. The molecule has 0 bridgehead atoms. The predicted molar refractivity (Wildman–Crippen MR) is 111 cm³/mol. The number of benzene rings is 1. The van der Waals surface area contributed by atoms with Crippen LogP contribution >= 0.6 is 0 Å². The highest BCUT2D eigenvalue weighted by Gasteiger charge is 2.24. The van der Waals surface area contributed by atoms with Crippen LogP contribution in [-0.2, 0) is 18.9 Å². The quantitative estimate of drug-likeness (QED) is 0.825. The van der Waals surface area contributed by atoms with Gasteiger partial charge in [0, 0.05) is 33.1 Å². The number of fused-ring (bicyclic) bond motifs is 1. The number of nitrogens with one attached hydrogen (secondary N) is 1. The average Bonchev–Trinajstić information content (AvgIpc) is 3.25. The highest BCUT2D eigenvalue weighted by molar-refractivity contribution is 5.99. The number of aromatic nitrogens is 2. The summed E-state index contributed by atoms with van der Waals surface area (Å²) in [6.07, 6.45) is 7.50. The molecule has 1 N–H and O–H groups in total. The molecule has 1 aliphatic carbocycles.